The van der Waals surface area contributed by atoms with Crippen LogP contribution in [-0.2, 0) is 16.1 Å². The van der Waals surface area contributed by atoms with Crippen LogP contribution < -0.4 is 15.4 Å². The van der Waals surface area contributed by atoms with Gasteiger partial charge in [-0.25, -0.2) is 4.39 Å². The third kappa shape index (κ3) is 5.09. The third-order valence-corrected chi connectivity index (χ3v) is 5.21. The van der Waals surface area contributed by atoms with E-state index < -0.39 is 0 Å². The zero-order valence-corrected chi connectivity index (χ0v) is 15.9. The van der Waals surface area contributed by atoms with Gasteiger partial charge < -0.3 is 15.4 Å². The minimum atomic E-state index is -0.381. The van der Waals surface area contributed by atoms with E-state index >= 15 is 0 Å². The minimum absolute atomic E-state index is 0.00916. The Bertz CT molecular complexity index is 832. The van der Waals surface area contributed by atoms with E-state index in [2.05, 4.69) is 10.6 Å². The second-order valence-electron chi connectivity index (χ2n) is 7.08. The van der Waals surface area contributed by atoms with Crippen LogP contribution in [0.5, 0.6) is 5.75 Å². The standard InChI is InChI=1S/C22H25FN2O3/c1-28-20-8-3-2-5-17(20)14-24-21(26)15-9-11-16(12-10-15)22(27)25-19-7-4-6-18(23)13-19/h2-8,13,15-16H,9-12,14H2,1H3,(H,24,26)(H,25,27). The number of benzene rings is 2. The smallest absolute Gasteiger partial charge is 0.227 e. The molecular weight excluding hydrogens is 359 g/mol. The van der Waals surface area contributed by atoms with Gasteiger partial charge in [-0.3, -0.25) is 9.59 Å². The summed E-state index contributed by atoms with van der Waals surface area (Å²) < 4.78 is 18.5. The van der Waals surface area contributed by atoms with Crippen molar-refractivity contribution in [1.29, 1.82) is 0 Å². The molecule has 1 saturated carbocycles. The molecule has 2 aromatic carbocycles. The SMILES string of the molecule is COc1ccccc1CNC(=O)C1CCC(C(=O)Nc2cccc(F)c2)CC1. The molecule has 5 nitrogen and oxygen atoms in total. The molecule has 1 fully saturated rings. The molecule has 2 amide bonds. The number of nitrogens with one attached hydrogen (secondary N) is 2. The summed E-state index contributed by atoms with van der Waals surface area (Å²) in [6.07, 6.45) is 2.62. The van der Waals surface area contributed by atoms with E-state index in [1.165, 1.54) is 12.1 Å². The Morgan fingerprint density at radius 2 is 1.68 bits per heavy atom. The number of anilines is 1. The van der Waals surface area contributed by atoms with E-state index in [0.29, 0.717) is 37.9 Å². The molecule has 2 aromatic rings. The predicted octanol–water partition coefficient (Wildman–Crippen LogP) is 3.90. The van der Waals surface area contributed by atoms with Gasteiger partial charge in [0.05, 0.1) is 7.11 Å². The van der Waals surface area contributed by atoms with Gasteiger partial charge in [0.1, 0.15) is 11.6 Å². The van der Waals surface area contributed by atoms with Gasteiger partial charge in [0.15, 0.2) is 0 Å². The summed E-state index contributed by atoms with van der Waals surface area (Å²) in [6.45, 7) is 0.419. The van der Waals surface area contributed by atoms with Crippen molar-refractivity contribution in [1.82, 2.24) is 5.32 Å². The maximum atomic E-state index is 13.2. The van der Waals surface area contributed by atoms with Crippen molar-refractivity contribution < 1.29 is 18.7 Å². The van der Waals surface area contributed by atoms with Crippen molar-refractivity contribution in [2.24, 2.45) is 11.8 Å². The van der Waals surface area contributed by atoms with E-state index in [0.717, 1.165) is 11.3 Å². The maximum Gasteiger partial charge on any atom is 0.227 e. The van der Waals surface area contributed by atoms with Crippen LogP contribution in [0.25, 0.3) is 0 Å². The summed E-state index contributed by atoms with van der Waals surface area (Å²) in [5.41, 5.74) is 1.39. The van der Waals surface area contributed by atoms with Crippen LogP contribution in [0, 0.1) is 17.7 Å². The summed E-state index contributed by atoms with van der Waals surface area (Å²) in [7, 11) is 1.61. The average Bonchev–Trinajstić information content (AvgIpc) is 2.72. The van der Waals surface area contributed by atoms with E-state index in [1.807, 2.05) is 24.3 Å². The van der Waals surface area contributed by atoms with E-state index in [1.54, 1.807) is 19.2 Å². The molecule has 28 heavy (non-hydrogen) atoms. The summed E-state index contributed by atoms with van der Waals surface area (Å²) in [6, 6.07) is 13.5. The number of carbonyl (C=O) groups excluding carboxylic acids is 2. The molecule has 0 radical (unpaired) electrons. The maximum absolute atomic E-state index is 13.2. The summed E-state index contributed by atoms with van der Waals surface area (Å²) in [5.74, 6) is 0.0246. The van der Waals surface area contributed by atoms with Crippen LogP contribution in [-0.4, -0.2) is 18.9 Å². The lowest BCUT2D eigenvalue weighted by Crippen LogP contribution is -2.35. The Hall–Kier alpha value is -2.89. The first-order chi connectivity index (χ1) is 13.6. The summed E-state index contributed by atoms with van der Waals surface area (Å²) in [4.78, 5) is 24.9. The quantitative estimate of drug-likeness (QED) is 0.794. The summed E-state index contributed by atoms with van der Waals surface area (Å²) >= 11 is 0. The van der Waals surface area contributed by atoms with E-state index in [9.17, 15) is 14.0 Å². The van der Waals surface area contributed by atoms with Gasteiger partial charge in [-0.1, -0.05) is 24.3 Å². The van der Waals surface area contributed by atoms with Gasteiger partial charge >= 0.3 is 0 Å². The molecule has 1 aliphatic rings. The molecule has 0 heterocycles. The number of para-hydroxylation sites is 1. The normalized spacial score (nSPS) is 18.9. The first kappa shape index (κ1) is 19.9. The van der Waals surface area contributed by atoms with Crippen molar-refractivity contribution in [3.05, 3.63) is 59.9 Å². The van der Waals surface area contributed by atoms with Crippen molar-refractivity contribution in [3.8, 4) is 5.75 Å². The fourth-order valence-corrected chi connectivity index (χ4v) is 3.60. The average molecular weight is 384 g/mol. The van der Waals surface area contributed by atoms with Gasteiger partial charge in [-0.2, -0.15) is 0 Å². The first-order valence-corrected chi connectivity index (χ1v) is 9.53. The van der Waals surface area contributed by atoms with E-state index in [4.69, 9.17) is 4.74 Å². The van der Waals surface area contributed by atoms with Crippen LogP contribution >= 0.6 is 0 Å². The van der Waals surface area contributed by atoms with Crippen molar-refractivity contribution >= 4 is 17.5 Å². The first-order valence-electron chi connectivity index (χ1n) is 9.53. The number of carbonyl (C=O) groups is 2. The largest absolute Gasteiger partial charge is 0.496 e. The Kier molecular flexibility index (Phi) is 6.63. The Labute approximate surface area is 164 Å². The molecule has 0 saturated heterocycles. The number of ether oxygens (including phenoxy) is 1. The third-order valence-electron chi connectivity index (χ3n) is 5.21. The highest BCUT2D eigenvalue weighted by molar-refractivity contribution is 5.92. The van der Waals surface area contributed by atoms with Gasteiger partial charge in [0, 0.05) is 29.6 Å². The highest BCUT2D eigenvalue weighted by atomic mass is 19.1. The number of methoxy groups -OCH3 is 1. The Morgan fingerprint density at radius 3 is 2.36 bits per heavy atom. The van der Waals surface area contributed by atoms with Crippen molar-refractivity contribution in [2.45, 2.75) is 32.2 Å². The fraction of sp³-hybridized carbons (Fsp3) is 0.364. The number of halogens is 1. The predicted molar refractivity (Wildman–Crippen MR) is 105 cm³/mol. The number of hydrogen-bond acceptors (Lipinski definition) is 3. The zero-order valence-electron chi connectivity index (χ0n) is 15.9. The molecule has 0 spiro atoms. The molecule has 0 aromatic heterocycles. The highest BCUT2D eigenvalue weighted by Gasteiger charge is 2.30. The lowest BCUT2D eigenvalue weighted by Gasteiger charge is -2.27. The molecule has 0 aliphatic heterocycles. The lowest BCUT2D eigenvalue weighted by molar-refractivity contribution is -0.128. The molecule has 148 valence electrons. The van der Waals surface area contributed by atoms with Crippen molar-refractivity contribution in [3.63, 3.8) is 0 Å². The number of rotatable bonds is 6. The lowest BCUT2D eigenvalue weighted by atomic mass is 9.81. The Morgan fingerprint density at radius 1 is 1.00 bits per heavy atom. The second kappa shape index (κ2) is 9.35. The van der Waals surface area contributed by atoms with Crippen LogP contribution in [0.2, 0.25) is 0 Å². The van der Waals surface area contributed by atoms with Gasteiger partial charge in [-0.05, 0) is 49.9 Å². The van der Waals surface area contributed by atoms with Gasteiger partial charge in [-0.15, -0.1) is 0 Å². The zero-order chi connectivity index (χ0) is 19.9. The van der Waals surface area contributed by atoms with E-state index in [-0.39, 0.29) is 29.5 Å². The van der Waals surface area contributed by atoms with Crippen LogP contribution in [0.15, 0.2) is 48.5 Å². The number of amides is 2. The van der Waals surface area contributed by atoms with Gasteiger partial charge in [0.2, 0.25) is 11.8 Å². The molecule has 0 bridgehead atoms. The molecule has 2 N–H and O–H groups in total. The molecular formula is C22H25FN2O3. The monoisotopic (exact) mass is 384 g/mol. The summed E-state index contributed by atoms with van der Waals surface area (Å²) in [5, 5.41) is 5.73. The molecule has 6 heteroatoms. The van der Waals surface area contributed by atoms with Crippen molar-refractivity contribution in [2.75, 3.05) is 12.4 Å². The van der Waals surface area contributed by atoms with Crippen LogP contribution in [0.3, 0.4) is 0 Å². The van der Waals surface area contributed by atoms with Crippen LogP contribution in [0.1, 0.15) is 31.2 Å². The second-order valence-corrected chi connectivity index (χ2v) is 7.08. The highest BCUT2D eigenvalue weighted by Crippen LogP contribution is 2.30. The fourth-order valence-electron chi connectivity index (χ4n) is 3.60. The topological polar surface area (TPSA) is 67.4 Å². The molecule has 0 atom stereocenters. The van der Waals surface area contributed by atoms with Gasteiger partial charge in [0.25, 0.3) is 0 Å². The van der Waals surface area contributed by atoms with Crippen LogP contribution in [0.4, 0.5) is 10.1 Å². The molecule has 1 aliphatic carbocycles. The Balaban J connectivity index is 1.46. The molecule has 0 unspecified atom stereocenters. The number of hydrogen-bond donors (Lipinski definition) is 2. The minimum Gasteiger partial charge on any atom is -0.496 e. The molecule has 3 rings (SSSR count).